The number of rotatable bonds is 4. The summed E-state index contributed by atoms with van der Waals surface area (Å²) in [5.74, 6) is -1.75. The van der Waals surface area contributed by atoms with Gasteiger partial charge in [-0.05, 0) is 83.9 Å². The van der Waals surface area contributed by atoms with Crippen LogP contribution in [0.5, 0.6) is 0 Å². The molecule has 0 N–H and O–H groups in total. The van der Waals surface area contributed by atoms with Crippen molar-refractivity contribution in [3.05, 3.63) is 132 Å². The molecule has 0 unspecified atom stereocenters. The van der Waals surface area contributed by atoms with Crippen molar-refractivity contribution in [2.24, 2.45) is 0 Å². The van der Waals surface area contributed by atoms with E-state index in [2.05, 4.69) is 32.0 Å². The molecule has 0 atom stereocenters. The van der Waals surface area contributed by atoms with E-state index >= 15 is 8.78 Å². The third-order valence-corrected chi connectivity index (χ3v) is 7.82. The molecule has 40 heavy (non-hydrogen) atoms. The standard InChI is InChI=1S/C37H33F2N/c1-36(2,3)40(32-21-12-11-20-31(32)38)33-23-25(22-28(35(33)39)24-14-7-6-8-15-24)26-17-13-19-30-34(26)27-16-9-10-18-29(27)37(30,4)5/h6-23H,1-5H3/i11D,12D,20D,21D. The van der Waals surface area contributed by atoms with Crippen LogP contribution in [-0.2, 0) is 5.41 Å². The average molecular weight is 534 g/mol. The van der Waals surface area contributed by atoms with Crippen LogP contribution in [0.4, 0.5) is 20.2 Å². The summed E-state index contributed by atoms with van der Waals surface area (Å²) in [5.41, 5.74) is 5.42. The Bertz CT molecular complexity index is 1920. The van der Waals surface area contributed by atoms with Gasteiger partial charge in [0.1, 0.15) is 5.82 Å². The first kappa shape index (κ1) is 21.6. The highest BCUT2D eigenvalue weighted by molar-refractivity contribution is 5.94. The van der Waals surface area contributed by atoms with E-state index in [1.54, 1.807) is 26.8 Å². The van der Waals surface area contributed by atoms with Crippen LogP contribution in [0.2, 0.25) is 0 Å². The Morgan fingerprint density at radius 2 is 1.32 bits per heavy atom. The van der Waals surface area contributed by atoms with Gasteiger partial charge in [0.25, 0.3) is 0 Å². The van der Waals surface area contributed by atoms with Gasteiger partial charge in [-0.2, -0.15) is 0 Å². The SMILES string of the molecule is [2H]c1c([2H])c([2H])c(N(c2cc(-c3cccc4c3-c3ccccc3C4(C)C)cc(-c3ccccc3)c2F)C(C)(C)C)c(F)c1[2H]. The van der Waals surface area contributed by atoms with Crippen LogP contribution >= 0.6 is 0 Å². The van der Waals surface area contributed by atoms with Crippen molar-refractivity contribution >= 4 is 11.4 Å². The van der Waals surface area contributed by atoms with Crippen LogP contribution in [0.1, 0.15) is 51.2 Å². The Labute approximate surface area is 241 Å². The summed E-state index contributed by atoms with van der Waals surface area (Å²) >= 11 is 0. The lowest BCUT2D eigenvalue weighted by atomic mass is 9.82. The van der Waals surface area contributed by atoms with Crippen LogP contribution < -0.4 is 4.90 Å². The summed E-state index contributed by atoms with van der Waals surface area (Å²) in [6, 6.07) is 24.4. The number of hydrogen-bond donors (Lipinski definition) is 0. The van der Waals surface area contributed by atoms with Crippen LogP contribution in [0, 0.1) is 11.6 Å². The van der Waals surface area contributed by atoms with Crippen molar-refractivity contribution in [3.63, 3.8) is 0 Å². The lowest BCUT2D eigenvalue weighted by Crippen LogP contribution is -2.38. The fourth-order valence-corrected chi connectivity index (χ4v) is 6.01. The summed E-state index contributed by atoms with van der Waals surface area (Å²) in [4.78, 5) is 1.37. The molecule has 1 aliphatic carbocycles. The first-order valence-corrected chi connectivity index (χ1v) is 13.4. The van der Waals surface area contributed by atoms with Gasteiger partial charge in [-0.15, -0.1) is 0 Å². The van der Waals surface area contributed by atoms with E-state index < -0.39 is 47.0 Å². The Morgan fingerprint density at radius 3 is 2.08 bits per heavy atom. The maximum Gasteiger partial charge on any atom is 0.154 e. The van der Waals surface area contributed by atoms with Crippen molar-refractivity contribution in [2.45, 2.75) is 45.6 Å². The summed E-state index contributed by atoms with van der Waals surface area (Å²) in [7, 11) is 0. The first-order chi connectivity index (χ1) is 20.7. The minimum atomic E-state index is -1.13. The van der Waals surface area contributed by atoms with E-state index in [9.17, 15) is 0 Å². The van der Waals surface area contributed by atoms with Gasteiger partial charge in [-0.25, -0.2) is 8.78 Å². The van der Waals surface area contributed by atoms with Crippen LogP contribution in [-0.4, -0.2) is 5.54 Å². The highest BCUT2D eigenvalue weighted by Gasteiger charge is 2.37. The summed E-state index contributed by atoms with van der Waals surface area (Å²) in [6.07, 6.45) is 0. The van der Waals surface area contributed by atoms with Crippen molar-refractivity contribution in [3.8, 4) is 33.4 Å². The van der Waals surface area contributed by atoms with Gasteiger partial charge in [0.05, 0.1) is 16.9 Å². The third-order valence-electron chi connectivity index (χ3n) is 7.82. The third kappa shape index (κ3) is 4.12. The van der Waals surface area contributed by atoms with E-state index in [4.69, 9.17) is 5.48 Å². The zero-order chi connectivity index (χ0) is 31.7. The van der Waals surface area contributed by atoms with E-state index in [0.717, 1.165) is 22.3 Å². The van der Waals surface area contributed by atoms with Crippen LogP contribution in [0.25, 0.3) is 33.4 Å². The van der Waals surface area contributed by atoms with Crippen molar-refractivity contribution in [2.75, 3.05) is 4.90 Å². The normalized spacial score (nSPS) is 15.0. The van der Waals surface area contributed by atoms with Gasteiger partial charge in [-0.3, -0.25) is 0 Å². The first-order valence-electron chi connectivity index (χ1n) is 15.4. The second kappa shape index (κ2) is 9.45. The number of anilines is 2. The molecule has 3 heteroatoms. The Kier molecular flexibility index (Phi) is 5.09. The number of halogens is 2. The highest BCUT2D eigenvalue weighted by Crippen LogP contribution is 2.53. The maximum atomic E-state index is 16.9. The Morgan fingerprint density at radius 1 is 0.675 bits per heavy atom. The molecule has 1 nitrogen and oxygen atoms in total. The zero-order valence-corrected chi connectivity index (χ0v) is 23.3. The van der Waals surface area contributed by atoms with Crippen molar-refractivity contribution in [1.82, 2.24) is 0 Å². The molecule has 0 heterocycles. The Hall–Kier alpha value is -4.24. The minimum absolute atomic E-state index is 0.0147. The van der Waals surface area contributed by atoms with Gasteiger partial charge in [0, 0.05) is 16.5 Å². The number of para-hydroxylation sites is 1. The number of fused-ring (bicyclic) bond motifs is 3. The monoisotopic (exact) mass is 533 g/mol. The lowest BCUT2D eigenvalue weighted by Gasteiger charge is -2.38. The van der Waals surface area contributed by atoms with Crippen molar-refractivity contribution < 1.29 is 14.3 Å². The fraction of sp³-hybridized carbons (Fsp3) is 0.189. The second-order valence-corrected chi connectivity index (χ2v) is 11.8. The fourth-order valence-electron chi connectivity index (χ4n) is 6.01. The predicted octanol–water partition coefficient (Wildman–Crippen LogP) is 10.5. The molecule has 5 aromatic rings. The molecule has 0 spiro atoms. The highest BCUT2D eigenvalue weighted by atomic mass is 19.1. The molecule has 0 aromatic heterocycles. The average Bonchev–Trinajstić information content (AvgIpc) is 3.24. The smallest absolute Gasteiger partial charge is 0.154 e. The maximum absolute atomic E-state index is 16.9. The summed E-state index contributed by atoms with van der Waals surface area (Å²) in [6.45, 7) is 9.68. The molecular weight excluding hydrogens is 496 g/mol. The quantitative estimate of drug-likeness (QED) is 0.222. The number of nitrogens with zero attached hydrogens (tertiary/aromatic N) is 1. The predicted molar refractivity (Wildman–Crippen MR) is 163 cm³/mol. The van der Waals surface area contributed by atoms with E-state index in [0.29, 0.717) is 16.7 Å². The number of benzene rings is 5. The lowest BCUT2D eigenvalue weighted by molar-refractivity contribution is 0.527. The molecule has 0 radical (unpaired) electrons. The molecule has 0 bridgehead atoms. The largest absolute Gasteiger partial charge is 0.331 e. The van der Waals surface area contributed by atoms with E-state index in [1.165, 1.54) is 10.5 Å². The summed E-state index contributed by atoms with van der Waals surface area (Å²) in [5, 5.41) is 0. The summed E-state index contributed by atoms with van der Waals surface area (Å²) < 4.78 is 66.0. The van der Waals surface area contributed by atoms with Gasteiger partial charge < -0.3 is 4.90 Å². The van der Waals surface area contributed by atoms with Crippen LogP contribution in [0.15, 0.2) is 109 Å². The van der Waals surface area contributed by atoms with E-state index in [1.807, 2.05) is 60.7 Å². The van der Waals surface area contributed by atoms with Crippen molar-refractivity contribution in [1.29, 1.82) is 0 Å². The molecule has 0 fully saturated rings. The van der Waals surface area contributed by atoms with Gasteiger partial charge in [0.2, 0.25) is 0 Å². The molecule has 0 saturated carbocycles. The molecule has 6 rings (SSSR count). The topological polar surface area (TPSA) is 3.24 Å². The number of hydrogen-bond acceptors (Lipinski definition) is 1. The van der Waals surface area contributed by atoms with Gasteiger partial charge in [-0.1, -0.05) is 98.7 Å². The molecule has 1 aliphatic rings. The molecule has 200 valence electrons. The van der Waals surface area contributed by atoms with Crippen LogP contribution in [0.3, 0.4) is 0 Å². The zero-order valence-electron chi connectivity index (χ0n) is 27.3. The molecular formula is C37H33F2N. The minimum Gasteiger partial charge on any atom is -0.331 e. The van der Waals surface area contributed by atoms with Gasteiger partial charge in [0.15, 0.2) is 5.82 Å². The molecule has 5 aromatic carbocycles. The molecule has 0 aliphatic heterocycles. The van der Waals surface area contributed by atoms with E-state index in [-0.39, 0.29) is 11.1 Å². The second-order valence-electron chi connectivity index (χ2n) is 11.8. The molecule has 0 saturated heterocycles. The van der Waals surface area contributed by atoms with Gasteiger partial charge >= 0.3 is 0 Å². The molecule has 0 amide bonds. The Balaban J connectivity index is 1.72.